The van der Waals surface area contributed by atoms with E-state index in [1.807, 2.05) is 21.8 Å². The van der Waals surface area contributed by atoms with Crippen LogP contribution < -0.4 is 5.32 Å². The molecule has 0 saturated carbocycles. The molecule has 0 bridgehead atoms. The van der Waals surface area contributed by atoms with Crippen molar-refractivity contribution in [2.75, 3.05) is 6.54 Å². The molecule has 0 radical (unpaired) electrons. The molecular weight excluding hydrogens is 296 g/mol. The molecular formula is C11H17BrN6. The molecule has 0 saturated heterocycles. The number of hydrogen-bond donors (Lipinski definition) is 1. The van der Waals surface area contributed by atoms with Crippen LogP contribution in [0, 0.1) is 0 Å². The second kappa shape index (κ2) is 6.65. The minimum Gasteiger partial charge on any atom is -0.311 e. The number of aryl methyl sites for hydroxylation is 2. The first-order valence-electron chi connectivity index (χ1n) is 6.05. The quantitative estimate of drug-likeness (QED) is 0.786. The van der Waals surface area contributed by atoms with Crippen molar-refractivity contribution in [1.82, 2.24) is 30.1 Å². The average molecular weight is 313 g/mol. The highest BCUT2D eigenvalue weighted by Crippen LogP contribution is 2.06. The zero-order chi connectivity index (χ0) is 12.8. The van der Waals surface area contributed by atoms with Gasteiger partial charge in [0.05, 0.1) is 29.5 Å². The fourth-order valence-electron chi connectivity index (χ4n) is 1.59. The molecule has 2 aromatic heterocycles. The molecule has 0 spiro atoms. The summed E-state index contributed by atoms with van der Waals surface area (Å²) in [5.41, 5.74) is 0.977. The largest absolute Gasteiger partial charge is 0.311 e. The van der Waals surface area contributed by atoms with Crippen LogP contribution in [-0.4, -0.2) is 31.3 Å². The topological polar surface area (TPSA) is 60.6 Å². The molecule has 2 rings (SSSR count). The van der Waals surface area contributed by atoms with Crippen molar-refractivity contribution in [2.24, 2.45) is 0 Å². The summed E-state index contributed by atoms with van der Waals surface area (Å²) in [5.74, 6) is 0. The maximum Gasteiger partial charge on any atom is 0.0964 e. The summed E-state index contributed by atoms with van der Waals surface area (Å²) < 4.78 is 4.71. The summed E-state index contributed by atoms with van der Waals surface area (Å²) in [6, 6.07) is 0. The third-order valence-corrected chi connectivity index (χ3v) is 2.89. The molecule has 1 N–H and O–H groups in total. The zero-order valence-electron chi connectivity index (χ0n) is 10.4. The van der Waals surface area contributed by atoms with Gasteiger partial charge in [0.1, 0.15) is 0 Å². The predicted octanol–water partition coefficient (Wildman–Crippen LogP) is 1.44. The normalized spacial score (nSPS) is 11.0. The van der Waals surface area contributed by atoms with E-state index in [0.29, 0.717) is 0 Å². The predicted molar refractivity (Wildman–Crippen MR) is 71.9 cm³/mol. The lowest BCUT2D eigenvalue weighted by Gasteiger charge is -2.00. The first-order chi connectivity index (χ1) is 8.78. The van der Waals surface area contributed by atoms with Gasteiger partial charge in [-0.25, -0.2) is 0 Å². The standard InChI is InChI=1S/C11H17BrN6/c1-2-3-13-7-11-9-18(16-15-11)5-4-17-8-10(12)6-14-17/h6,8-9,13H,2-5,7H2,1H3. The number of nitrogens with one attached hydrogen (secondary N) is 1. The van der Waals surface area contributed by atoms with Crippen molar-refractivity contribution in [3.8, 4) is 0 Å². The fourth-order valence-corrected chi connectivity index (χ4v) is 1.92. The van der Waals surface area contributed by atoms with E-state index in [4.69, 9.17) is 0 Å². The maximum absolute atomic E-state index is 4.19. The second-order valence-corrected chi connectivity index (χ2v) is 4.99. The van der Waals surface area contributed by atoms with E-state index < -0.39 is 0 Å². The molecule has 0 aliphatic rings. The summed E-state index contributed by atoms with van der Waals surface area (Å²) in [7, 11) is 0. The first-order valence-corrected chi connectivity index (χ1v) is 6.85. The molecule has 0 atom stereocenters. The van der Waals surface area contributed by atoms with Gasteiger partial charge in [0.2, 0.25) is 0 Å². The highest BCUT2D eigenvalue weighted by molar-refractivity contribution is 9.10. The third-order valence-electron chi connectivity index (χ3n) is 2.48. The monoisotopic (exact) mass is 312 g/mol. The lowest BCUT2D eigenvalue weighted by atomic mass is 10.4. The van der Waals surface area contributed by atoms with Crippen molar-refractivity contribution >= 4 is 15.9 Å². The lowest BCUT2D eigenvalue weighted by Crippen LogP contribution is -2.14. The smallest absolute Gasteiger partial charge is 0.0964 e. The van der Waals surface area contributed by atoms with Gasteiger partial charge < -0.3 is 5.32 Å². The van der Waals surface area contributed by atoms with E-state index >= 15 is 0 Å². The van der Waals surface area contributed by atoms with E-state index in [2.05, 4.69) is 43.6 Å². The van der Waals surface area contributed by atoms with Crippen molar-refractivity contribution in [2.45, 2.75) is 33.0 Å². The van der Waals surface area contributed by atoms with Crippen LogP contribution in [0.15, 0.2) is 23.1 Å². The van der Waals surface area contributed by atoms with Crippen LogP contribution in [-0.2, 0) is 19.6 Å². The summed E-state index contributed by atoms with van der Waals surface area (Å²) in [6.07, 6.45) is 6.82. The Morgan fingerprint density at radius 2 is 2.11 bits per heavy atom. The number of nitrogens with zero attached hydrogens (tertiary/aromatic N) is 5. The summed E-state index contributed by atoms with van der Waals surface area (Å²) >= 11 is 3.37. The van der Waals surface area contributed by atoms with Crippen LogP contribution >= 0.6 is 15.9 Å². The van der Waals surface area contributed by atoms with Crippen LogP contribution in [0.25, 0.3) is 0 Å². The SMILES string of the molecule is CCCNCc1cn(CCn2cc(Br)cn2)nn1. The van der Waals surface area contributed by atoms with E-state index in [9.17, 15) is 0 Å². The van der Waals surface area contributed by atoms with Gasteiger partial charge >= 0.3 is 0 Å². The Morgan fingerprint density at radius 3 is 2.83 bits per heavy atom. The van der Waals surface area contributed by atoms with Crippen molar-refractivity contribution in [3.05, 3.63) is 28.8 Å². The second-order valence-electron chi connectivity index (χ2n) is 4.07. The minimum atomic E-state index is 0.773. The molecule has 18 heavy (non-hydrogen) atoms. The molecule has 2 aromatic rings. The highest BCUT2D eigenvalue weighted by atomic mass is 79.9. The fraction of sp³-hybridized carbons (Fsp3) is 0.545. The van der Waals surface area contributed by atoms with Crippen LogP contribution in [0.1, 0.15) is 19.0 Å². The Morgan fingerprint density at radius 1 is 1.28 bits per heavy atom. The Hall–Kier alpha value is -1.21. The Balaban J connectivity index is 1.79. The van der Waals surface area contributed by atoms with Gasteiger partial charge in [-0.05, 0) is 28.9 Å². The van der Waals surface area contributed by atoms with Gasteiger partial charge in [0, 0.05) is 18.9 Å². The van der Waals surface area contributed by atoms with Gasteiger partial charge in [-0.15, -0.1) is 5.10 Å². The zero-order valence-corrected chi connectivity index (χ0v) is 12.0. The molecule has 0 amide bonds. The van der Waals surface area contributed by atoms with Gasteiger partial charge in [0.25, 0.3) is 0 Å². The first kappa shape index (κ1) is 13.2. The Bertz CT molecular complexity index is 477. The third kappa shape index (κ3) is 3.92. The molecule has 0 aromatic carbocycles. The molecule has 6 nitrogen and oxygen atoms in total. The molecule has 2 heterocycles. The average Bonchev–Trinajstić information content (AvgIpc) is 2.96. The van der Waals surface area contributed by atoms with E-state index in [0.717, 1.165) is 42.8 Å². The highest BCUT2D eigenvalue weighted by Gasteiger charge is 2.01. The van der Waals surface area contributed by atoms with Crippen LogP contribution in [0.2, 0.25) is 0 Å². The lowest BCUT2D eigenvalue weighted by molar-refractivity contribution is 0.489. The maximum atomic E-state index is 4.19. The van der Waals surface area contributed by atoms with Crippen molar-refractivity contribution in [3.63, 3.8) is 0 Å². The van der Waals surface area contributed by atoms with Gasteiger partial charge in [-0.3, -0.25) is 9.36 Å². The summed E-state index contributed by atoms with van der Waals surface area (Å²) in [6.45, 7) is 5.49. The molecule has 0 aliphatic heterocycles. The Kier molecular flexibility index (Phi) is 4.89. The Labute approximate surface area is 114 Å². The molecule has 7 heteroatoms. The van der Waals surface area contributed by atoms with Crippen molar-refractivity contribution < 1.29 is 0 Å². The van der Waals surface area contributed by atoms with Crippen molar-refractivity contribution in [1.29, 1.82) is 0 Å². The van der Waals surface area contributed by atoms with E-state index in [1.54, 1.807) is 6.20 Å². The summed E-state index contributed by atoms with van der Waals surface area (Å²) in [4.78, 5) is 0. The number of aromatic nitrogens is 5. The molecule has 0 aliphatic carbocycles. The molecule has 98 valence electrons. The van der Waals surface area contributed by atoms with E-state index in [1.165, 1.54) is 0 Å². The minimum absolute atomic E-state index is 0.773. The molecule has 0 unspecified atom stereocenters. The number of rotatable bonds is 7. The number of hydrogen-bond acceptors (Lipinski definition) is 4. The van der Waals surface area contributed by atoms with Crippen LogP contribution in [0.4, 0.5) is 0 Å². The van der Waals surface area contributed by atoms with E-state index in [-0.39, 0.29) is 0 Å². The number of halogens is 1. The van der Waals surface area contributed by atoms with Gasteiger partial charge in [-0.2, -0.15) is 5.10 Å². The van der Waals surface area contributed by atoms with Crippen LogP contribution in [0.3, 0.4) is 0 Å². The van der Waals surface area contributed by atoms with Gasteiger partial charge in [0.15, 0.2) is 0 Å². The molecule has 0 fully saturated rings. The van der Waals surface area contributed by atoms with Gasteiger partial charge in [-0.1, -0.05) is 12.1 Å². The summed E-state index contributed by atoms with van der Waals surface area (Å²) in [5, 5.41) is 15.7. The van der Waals surface area contributed by atoms with Crippen LogP contribution in [0.5, 0.6) is 0 Å².